The predicted molar refractivity (Wildman–Crippen MR) is 112 cm³/mol. The van der Waals surface area contributed by atoms with Crippen molar-refractivity contribution in [1.29, 1.82) is 0 Å². The van der Waals surface area contributed by atoms with Gasteiger partial charge in [0.2, 0.25) is 0 Å². The van der Waals surface area contributed by atoms with Gasteiger partial charge in [-0.1, -0.05) is 36.4 Å². The van der Waals surface area contributed by atoms with Crippen LogP contribution in [0.15, 0.2) is 84.2 Å². The number of ether oxygens (including phenoxy) is 1. The lowest BCUT2D eigenvalue weighted by molar-refractivity contribution is -0.274. The van der Waals surface area contributed by atoms with Crippen LogP contribution in [0, 0.1) is 0 Å². The quantitative estimate of drug-likeness (QED) is 0.584. The Kier molecular flexibility index (Phi) is 4.62. The zero-order chi connectivity index (χ0) is 21.4. The first kappa shape index (κ1) is 19.2. The number of fused-ring (bicyclic) bond motifs is 2. The van der Waals surface area contributed by atoms with Crippen LogP contribution in [-0.2, 0) is 6.54 Å². The first-order valence-corrected chi connectivity index (χ1v) is 9.63. The van der Waals surface area contributed by atoms with Gasteiger partial charge in [-0.2, -0.15) is 5.10 Å². The molecule has 0 bridgehead atoms. The Labute approximate surface area is 176 Å². The summed E-state index contributed by atoms with van der Waals surface area (Å²) in [5.41, 5.74) is 3.73. The van der Waals surface area contributed by atoms with E-state index in [4.69, 9.17) is 0 Å². The Morgan fingerprint density at radius 2 is 1.77 bits per heavy atom. The van der Waals surface area contributed by atoms with Gasteiger partial charge in [-0.3, -0.25) is 9.99 Å². The van der Waals surface area contributed by atoms with E-state index >= 15 is 0 Å². The molecule has 0 aliphatic carbocycles. The zero-order valence-corrected chi connectivity index (χ0v) is 16.3. The van der Waals surface area contributed by atoms with E-state index < -0.39 is 6.36 Å². The summed E-state index contributed by atoms with van der Waals surface area (Å²) in [7, 11) is 0. The lowest BCUT2D eigenvalue weighted by atomic mass is 10.0. The summed E-state index contributed by atoms with van der Waals surface area (Å²) in [4.78, 5) is 6.51. The fourth-order valence-corrected chi connectivity index (χ4v) is 3.69. The number of allylic oxidation sites excluding steroid dienone is 2. The second-order valence-electron chi connectivity index (χ2n) is 7.22. The third-order valence-corrected chi connectivity index (χ3v) is 5.05. The zero-order valence-electron chi connectivity index (χ0n) is 16.3. The molecule has 5 rings (SSSR count). The number of aromatic nitrogens is 1. The Hall–Kier alpha value is -3.81. The minimum Gasteiger partial charge on any atom is -0.406 e. The number of benzene rings is 2. The molecule has 2 aliphatic rings. The van der Waals surface area contributed by atoms with Gasteiger partial charge in [0.05, 0.1) is 12.1 Å². The summed E-state index contributed by atoms with van der Waals surface area (Å²) < 4.78 is 41.0. The van der Waals surface area contributed by atoms with E-state index in [1.54, 1.807) is 18.3 Å². The lowest BCUT2D eigenvalue weighted by Crippen LogP contribution is -2.26. The molecule has 5 nitrogen and oxygen atoms in total. The third kappa shape index (κ3) is 4.09. The van der Waals surface area contributed by atoms with Gasteiger partial charge in [0.25, 0.3) is 0 Å². The molecule has 0 fully saturated rings. The van der Waals surface area contributed by atoms with Crippen molar-refractivity contribution >= 4 is 22.3 Å². The largest absolute Gasteiger partial charge is 0.573 e. The van der Waals surface area contributed by atoms with E-state index in [1.807, 2.05) is 52.5 Å². The molecule has 0 saturated carbocycles. The van der Waals surface area contributed by atoms with E-state index in [1.165, 1.54) is 12.1 Å². The van der Waals surface area contributed by atoms with E-state index in [-0.39, 0.29) is 5.75 Å². The van der Waals surface area contributed by atoms with Gasteiger partial charge in [0.1, 0.15) is 12.4 Å². The van der Waals surface area contributed by atoms with Gasteiger partial charge < -0.3 is 9.64 Å². The number of amidine groups is 1. The maximum Gasteiger partial charge on any atom is 0.573 e. The highest BCUT2D eigenvalue weighted by Gasteiger charge is 2.31. The normalized spacial score (nSPS) is 15.7. The van der Waals surface area contributed by atoms with Gasteiger partial charge in [-0.25, -0.2) is 0 Å². The molecule has 0 atom stereocenters. The molecule has 1 aromatic heterocycles. The highest BCUT2D eigenvalue weighted by molar-refractivity contribution is 6.00. The monoisotopic (exact) mass is 422 g/mol. The lowest BCUT2D eigenvalue weighted by Gasteiger charge is -2.20. The van der Waals surface area contributed by atoms with Gasteiger partial charge in [0.15, 0.2) is 5.84 Å². The average molecular weight is 422 g/mol. The highest BCUT2D eigenvalue weighted by atomic mass is 19.4. The van der Waals surface area contributed by atoms with Gasteiger partial charge in [0, 0.05) is 17.8 Å². The third-order valence-electron chi connectivity index (χ3n) is 5.05. The van der Waals surface area contributed by atoms with E-state index in [0.29, 0.717) is 13.2 Å². The smallest absolute Gasteiger partial charge is 0.406 e. The number of hydrogen-bond acceptors (Lipinski definition) is 5. The summed E-state index contributed by atoms with van der Waals surface area (Å²) in [5.74, 6) is 0.573. The molecular weight excluding hydrogens is 405 g/mol. The Morgan fingerprint density at radius 3 is 2.58 bits per heavy atom. The van der Waals surface area contributed by atoms with Crippen molar-refractivity contribution in [3.8, 4) is 5.75 Å². The van der Waals surface area contributed by atoms with Crippen LogP contribution < -0.4 is 4.74 Å². The molecule has 0 saturated heterocycles. The second-order valence-corrected chi connectivity index (χ2v) is 7.22. The summed E-state index contributed by atoms with van der Waals surface area (Å²) in [6.07, 6.45) is 2.83. The van der Waals surface area contributed by atoms with E-state index in [0.717, 1.165) is 33.4 Å². The van der Waals surface area contributed by atoms with Gasteiger partial charge in [-0.05, 0) is 47.1 Å². The Morgan fingerprint density at radius 1 is 0.968 bits per heavy atom. The molecule has 0 radical (unpaired) electrons. The van der Waals surface area contributed by atoms with E-state index in [9.17, 15) is 13.2 Å². The Bertz CT molecular complexity index is 1210. The Balaban J connectivity index is 1.31. The van der Waals surface area contributed by atoms with Crippen LogP contribution in [-0.4, -0.2) is 33.8 Å². The molecule has 8 heteroatoms. The molecule has 2 aromatic carbocycles. The molecule has 0 N–H and O–H groups in total. The summed E-state index contributed by atoms with van der Waals surface area (Å²) >= 11 is 0. The molecule has 31 heavy (non-hydrogen) atoms. The minimum atomic E-state index is -4.70. The fraction of sp³-hybridized carbons (Fsp3) is 0.130. The van der Waals surface area contributed by atoms with Crippen LogP contribution in [0.1, 0.15) is 11.1 Å². The first-order valence-electron chi connectivity index (χ1n) is 9.63. The summed E-state index contributed by atoms with van der Waals surface area (Å²) in [6, 6.07) is 15.9. The van der Waals surface area contributed by atoms with Crippen LogP contribution in [0.3, 0.4) is 0 Å². The van der Waals surface area contributed by atoms with E-state index in [2.05, 4.69) is 20.9 Å². The molecule has 0 amide bonds. The number of pyridine rings is 1. The molecule has 0 unspecified atom stereocenters. The average Bonchev–Trinajstić information content (AvgIpc) is 3.15. The van der Waals surface area contributed by atoms with Gasteiger partial charge >= 0.3 is 6.36 Å². The van der Waals surface area contributed by atoms with Crippen molar-refractivity contribution < 1.29 is 17.9 Å². The van der Waals surface area contributed by atoms with Crippen LogP contribution in [0.5, 0.6) is 5.75 Å². The summed E-state index contributed by atoms with van der Waals surface area (Å²) in [5, 5.41) is 7.72. The van der Waals surface area contributed by atoms with Crippen LogP contribution >= 0.6 is 0 Å². The van der Waals surface area contributed by atoms with Gasteiger partial charge in [-0.15, -0.1) is 13.2 Å². The van der Waals surface area contributed by atoms with Crippen molar-refractivity contribution in [3.63, 3.8) is 0 Å². The van der Waals surface area contributed by atoms with Crippen LogP contribution in [0.4, 0.5) is 13.2 Å². The standard InChI is InChI=1S/C23H17F3N4O/c24-23(25,26)31-20-9-6-16(7-10-20)18-8-11-21-28-30(15-29(21)13-18)14-19-4-1-3-17-5-2-12-27-22(17)19/h1-13H,14-15H2. The van der Waals surface area contributed by atoms with Crippen molar-refractivity contribution in [1.82, 2.24) is 14.9 Å². The number of nitrogens with zero attached hydrogens (tertiary/aromatic N) is 4. The molecule has 3 aromatic rings. The predicted octanol–water partition coefficient (Wildman–Crippen LogP) is 5.13. The minimum absolute atomic E-state index is 0.241. The number of hydrogen-bond donors (Lipinski definition) is 0. The number of rotatable bonds is 4. The SMILES string of the molecule is FC(F)(F)Oc1ccc(C2=CN3CN(Cc4cccc5cccnc45)N=C3C=C2)cc1. The number of halogens is 3. The fourth-order valence-electron chi connectivity index (χ4n) is 3.69. The number of hydrazone groups is 1. The maximum absolute atomic E-state index is 12.3. The van der Waals surface area contributed by atoms with Crippen molar-refractivity contribution in [2.45, 2.75) is 12.9 Å². The maximum atomic E-state index is 12.3. The molecular formula is C23H17F3N4O. The highest BCUT2D eigenvalue weighted by Crippen LogP contribution is 2.28. The van der Waals surface area contributed by atoms with Crippen molar-refractivity contribution in [2.75, 3.05) is 6.67 Å². The van der Waals surface area contributed by atoms with Crippen molar-refractivity contribution in [2.24, 2.45) is 5.10 Å². The molecule has 156 valence electrons. The molecule has 3 heterocycles. The van der Waals surface area contributed by atoms with Crippen LogP contribution in [0.25, 0.3) is 16.5 Å². The molecule has 0 spiro atoms. The number of para-hydroxylation sites is 1. The van der Waals surface area contributed by atoms with Crippen molar-refractivity contribution in [3.05, 3.63) is 90.3 Å². The summed E-state index contributed by atoms with van der Waals surface area (Å²) in [6.45, 7) is 1.19. The first-order chi connectivity index (χ1) is 14.9. The number of alkyl halides is 3. The molecule has 2 aliphatic heterocycles. The second kappa shape index (κ2) is 7.46. The topological polar surface area (TPSA) is 41.0 Å². The van der Waals surface area contributed by atoms with Crippen LogP contribution in [0.2, 0.25) is 0 Å².